The SMILES string of the molecule is CC(Br)NC(C)C(N)=O. The third-order valence-corrected chi connectivity index (χ3v) is 1.17. The van der Waals surface area contributed by atoms with Crippen molar-refractivity contribution in [2.75, 3.05) is 0 Å². The summed E-state index contributed by atoms with van der Waals surface area (Å²) in [4.78, 5) is 10.5. The van der Waals surface area contributed by atoms with E-state index >= 15 is 0 Å². The zero-order valence-corrected chi connectivity index (χ0v) is 7.10. The van der Waals surface area contributed by atoms with E-state index in [2.05, 4.69) is 21.2 Å². The van der Waals surface area contributed by atoms with Crippen molar-refractivity contribution >= 4 is 21.8 Å². The lowest BCUT2D eigenvalue weighted by Gasteiger charge is -2.10. The Bertz CT molecular complexity index is 105. The fourth-order valence-corrected chi connectivity index (χ4v) is 0.823. The fourth-order valence-electron chi connectivity index (χ4n) is 0.427. The Morgan fingerprint density at radius 2 is 2.11 bits per heavy atom. The molecule has 0 bridgehead atoms. The first-order valence-electron chi connectivity index (χ1n) is 2.73. The number of amides is 1. The molecule has 1 amide bonds. The normalized spacial score (nSPS) is 16.8. The second kappa shape index (κ2) is 3.85. The van der Waals surface area contributed by atoms with Gasteiger partial charge in [-0.05, 0) is 13.8 Å². The third kappa shape index (κ3) is 4.42. The van der Waals surface area contributed by atoms with Gasteiger partial charge in [0.25, 0.3) is 0 Å². The maximum absolute atomic E-state index is 10.4. The van der Waals surface area contributed by atoms with E-state index in [0.717, 1.165) is 0 Å². The summed E-state index contributed by atoms with van der Waals surface area (Å²) in [5.74, 6) is -0.332. The molecule has 0 aliphatic heterocycles. The van der Waals surface area contributed by atoms with Crippen molar-refractivity contribution in [2.45, 2.75) is 24.8 Å². The van der Waals surface area contributed by atoms with Gasteiger partial charge >= 0.3 is 0 Å². The average molecular weight is 195 g/mol. The van der Waals surface area contributed by atoms with Gasteiger partial charge in [0.2, 0.25) is 5.91 Å². The van der Waals surface area contributed by atoms with Crippen LogP contribution < -0.4 is 11.1 Å². The second-order valence-corrected chi connectivity index (χ2v) is 3.28. The summed E-state index contributed by atoms with van der Waals surface area (Å²) >= 11 is 3.22. The quantitative estimate of drug-likeness (QED) is 0.499. The molecule has 9 heavy (non-hydrogen) atoms. The van der Waals surface area contributed by atoms with Gasteiger partial charge in [0.1, 0.15) is 0 Å². The van der Waals surface area contributed by atoms with Gasteiger partial charge < -0.3 is 5.73 Å². The van der Waals surface area contributed by atoms with Crippen molar-refractivity contribution in [3.8, 4) is 0 Å². The molecule has 0 saturated heterocycles. The van der Waals surface area contributed by atoms with Crippen LogP contribution in [0.25, 0.3) is 0 Å². The molecule has 0 fully saturated rings. The van der Waals surface area contributed by atoms with Crippen molar-refractivity contribution in [3.63, 3.8) is 0 Å². The highest BCUT2D eigenvalue weighted by atomic mass is 79.9. The molecule has 0 spiro atoms. The number of nitrogens with one attached hydrogen (secondary N) is 1. The average Bonchev–Trinajstić information content (AvgIpc) is 1.63. The molecule has 0 saturated carbocycles. The lowest BCUT2D eigenvalue weighted by molar-refractivity contribution is -0.119. The molecular weight excluding hydrogens is 184 g/mol. The highest BCUT2D eigenvalue weighted by Crippen LogP contribution is 1.93. The Hall–Kier alpha value is -0.0900. The minimum Gasteiger partial charge on any atom is -0.368 e. The molecule has 0 aromatic rings. The van der Waals surface area contributed by atoms with Gasteiger partial charge in [-0.15, -0.1) is 0 Å². The van der Waals surface area contributed by atoms with Crippen LogP contribution >= 0.6 is 15.9 Å². The smallest absolute Gasteiger partial charge is 0.234 e. The molecule has 3 N–H and O–H groups in total. The van der Waals surface area contributed by atoms with Crippen molar-refractivity contribution in [1.82, 2.24) is 5.32 Å². The summed E-state index contributed by atoms with van der Waals surface area (Å²) in [6, 6.07) is -0.264. The number of hydrogen-bond acceptors (Lipinski definition) is 2. The zero-order valence-electron chi connectivity index (χ0n) is 5.52. The highest BCUT2D eigenvalue weighted by molar-refractivity contribution is 9.09. The molecule has 0 heterocycles. The largest absolute Gasteiger partial charge is 0.368 e. The van der Waals surface area contributed by atoms with Crippen LogP contribution in [-0.4, -0.2) is 16.9 Å². The number of hydrogen-bond donors (Lipinski definition) is 2. The molecular formula is C5H11BrN2O. The maximum atomic E-state index is 10.4. The van der Waals surface area contributed by atoms with Crippen LogP contribution in [0.1, 0.15) is 13.8 Å². The van der Waals surface area contributed by atoms with Gasteiger partial charge in [0, 0.05) is 0 Å². The molecule has 0 aromatic heterocycles. The summed E-state index contributed by atoms with van der Waals surface area (Å²) in [5.41, 5.74) is 4.96. The number of carbonyl (C=O) groups excluding carboxylic acids is 1. The molecule has 3 nitrogen and oxygen atoms in total. The van der Waals surface area contributed by atoms with Crippen LogP contribution in [0.3, 0.4) is 0 Å². The Morgan fingerprint density at radius 1 is 1.67 bits per heavy atom. The number of rotatable bonds is 3. The molecule has 2 unspecified atom stereocenters. The molecule has 4 heteroatoms. The van der Waals surface area contributed by atoms with Crippen LogP contribution in [0.15, 0.2) is 0 Å². The molecule has 2 atom stereocenters. The van der Waals surface area contributed by atoms with Crippen molar-refractivity contribution in [2.24, 2.45) is 5.73 Å². The first-order chi connectivity index (χ1) is 4.04. The van der Waals surface area contributed by atoms with Crippen molar-refractivity contribution in [1.29, 1.82) is 0 Å². The van der Waals surface area contributed by atoms with E-state index in [1.165, 1.54) is 0 Å². The van der Waals surface area contributed by atoms with Gasteiger partial charge in [-0.25, -0.2) is 0 Å². The number of halogens is 1. The van der Waals surface area contributed by atoms with Crippen molar-refractivity contribution < 1.29 is 4.79 Å². The Balaban J connectivity index is 3.50. The minimum absolute atomic E-state index is 0.125. The topological polar surface area (TPSA) is 55.1 Å². The standard InChI is InChI=1S/C5H11BrN2O/c1-3(5(7)9)8-4(2)6/h3-4,8H,1-2H3,(H2,7,9). The second-order valence-electron chi connectivity index (χ2n) is 1.91. The predicted molar refractivity (Wildman–Crippen MR) is 40.2 cm³/mol. The number of primary amides is 1. The molecule has 0 aliphatic carbocycles. The van der Waals surface area contributed by atoms with E-state index in [9.17, 15) is 4.79 Å². The fraction of sp³-hybridized carbons (Fsp3) is 0.800. The Morgan fingerprint density at radius 3 is 2.22 bits per heavy atom. The Kier molecular flexibility index (Phi) is 3.81. The van der Waals surface area contributed by atoms with E-state index in [1.807, 2.05) is 6.92 Å². The van der Waals surface area contributed by atoms with Crippen LogP contribution in [0, 0.1) is 0 Å². The Labute approximate surface area is 63.1 Å². The maximum Gasteiger partial charge on any atom is 0.234 e. The van der Waals surface area contributed by atoms with Crippen LogP contribution in [0.4, 0.5) is 0 Å². The molecule has 0 aliphatic rings. The molecule has 0 radical (unpaired) electrons. The third-order valence-electron chi connectivity index (χ3n) is 0.906. The van der Waals surface area contributed by atoms with Gasteiger partial charge in [-0.2, -0.15) is 0 Å². The van der Waals surface area contributed by atoms with E-state index < -0.39 is 0 Å². The van der Waals surface area contributed by atoms with Gasteiger partial charge in [0.15, 0.2) is 0 Å². The number of alkyl halides is 1. The van der Waals surface area contributed by atoms with E-state index in [4.69, 9.17) is 5.73 Å². The minimum atomic E-state index is -0.332. The summed E-state index contributed by atoms with van der Waals surface area (Å²) < 4.78 is 0. The first kappa shape index (κ1) is 8.91. The van der Waals surface area contributed by atoms with E-state index in [0.29, 0.717) is 0 Å². The van der Waals surface area contributed by atoms with Crippen LogP contribution in [-0.2, 0) is 4.79 Å². The van der Waals surface area contributed by atoms with Gasteiger partial charge in [-0.3, -0.25) is 10.1 Å². The lowest BCUT2D eigenvalue weighted by atomic mass is 10.3. The monoisotopic (exact) mass is 194 g/mol. The summed E-state index contributed by atoms with van der Waals surface area (Å²) in [6.45, 7) is 3.61. The number of carbonyl (C=O) groups is 1. The van der Waals surface area contributed by atoms with E-state index in [1.54, 1.807) is 6.92 Å². The summed E-state index contributed by atoms with van der Waals surface area (Å²) in [6.07, 6.45) is 0. The van der Waals surface area contributed by atoms with Crippen molar-refractivity contribution in [3.05, 3.63) is 0 Å². The first-order valence-corrected chi connectivity index (χ1v) is 3.65. The zero-order chi connectivity index (χ0) is 7.44. The van der Waals surface area contributed by atoms with Crippen LogP contribution in [0.2, 0.25) is 0 Å². The molecule has 0 rings (SSSR count). The summed E-state index contributed by atoms with van der Waals surface area (Å²) in [7, 11) is 0. The van der Waals surface area contributed by atoms with Crippen LogP contribution in [0.5, 0.6) is 0 Å². The lowest BCUT2D eigenvalue weighted by Crippen LogP contribution is -2.41. The highest BCUT2D eigenvalue weighted by Gasteiger charge is 2.08. The van der Waals surface area contributed by atoms with E-state index in [-0.39, 0.29) is 16.9 Å². The predicted octanol–water partition coefficient (Wildman–Crippen LogP) is 0.191. The number of nitrogens with two attached hydrogens (primary N) is 1. The van der Waals surface area contributed by atoms with Gasteiger partial charge in [0.05, 0.1) is 11.0 Å². The van der Waals surface area contributed by atoms with Gasteiger partial charge in [-0.1, -0.05) is 15.9 Å². The summed E-state index contributed by atoms with van der Waals surface area (Å²) in [5, 5.41) is 2.88. The molecule has 54 valence electrons. The molecule has 0 aromatic carbocycles.